The molecule has 0 unspecified atom stereocenters. The highest BCUT2D eigenvalue weighted by Crippen LogP contribution is 2.22. The third kappa shape index (κ3) is 3.79. The van der Waals surface area contributed by atoms with E-state index in [9.17, 15) is 9.59 Å². The third-order valence-electron chi connectivity index (χ3n) is 5.22. The number of hydrogen-bond donors (Lipinski definition) is 1. The first-order chi connectivity index (χ1) is 10.7. The fourth-order valence-corrected chi connectivity index (χ4v) is 3.84. The number of likely N-dealkylation sites (tertiary alicyclic amines) is 2. The third-order valence-corrected chi connectivity index (χ3v) is 5.22. The number of piperidine rings is 1. The highest BCUT2D eigenvalue weighted by Gasteiger charge is 2.30. The Morgan fingerprint density at radius 3 is 2.45 bits per heavy atom. The molecule has 3 aliphatic rings. The standard InChI is InChI=1S/C16H28N4O2/c21-15(19-12-6-17-7-13-19)5-11-18-9-3-14(4-10-18)20-8-1-2-16(20)22/h14,17H,1-13H2. The Labute approximate surface area is 132 Å². The summed E-state index contributed by atoms with van der Waals surface area (Å²) in [5.74, 6) is 0.630. The zero-order valence-electron chi connectivity index (χ0n) is 13.4. The van der Waals surface area contributed by atoms with Crippen molar-refractivity contribution in [2.75, 3.05) is 52.4 Å². The van der Waals surface area contributed by atoms with E-state index in [1.165, 1.54) is 0 Å². The van der Waals surface area contributed by atoms with Crippen LogP contribution in [0, 0.1) is 0 Å². The van der Waals surface area contributed by atoms with E-state index in [4.69, 9.17) is 0 Å². The van der Waals surface area contributed by atoms with Crippen LogP contribution >= 0.6 is 0 Å². The van der Waals surface area contributed by atoms with Crippen LogP contribution in [0.2, 0.25) is 0 Å². The van der Waals surface area contributed by atoms with Gasteiger partial charge in [0.15, 0.2) is 0 Å². The number of nitrogens with one attached hydrogen (secondary N) is 1. The average Bonchev–Trinajstić information content (AvgIpc) is 3.00. The Morgan fingerprint density at radius 1 is 1.09 bits per heavy atom. The van der Waals surface area contributed by atoms with Crippen molar-refractivity contribution in [3.8, 4) is 0 Å². The lowest BCUT2D eigenvalue weighted by Crippen LogP contribution is -2.48. The maximum absolute atomic E-state index is 12.2. The van der Waals surface area contributed by atoms with E-state index in [2.05, 4.69) is 15.1 Å². The van der Waals surface area contributed by atoms with Gasteiger partial charge in [-0.15, -0.1) is 0 Å². The van der Waals surface area contributed by atoms with Crippen LogP contribution in [0.1, 0.15) is 32.1 Å². The Balaban J connectivity index is 1.36. The van der Waals surface area contributed by atoms with E-state index < -0.39 is 0 Å². The zero-order chi connectivity index (χ0) is 15.4. The fourth-order valence-electron chi connectivity index (χ4n) is 3.84. The molecular weight excluding hydrogens is 280 g/mol. The van der Waals surface area contributed by atoms with Gasteiger partial charge in [-0.2, -0.15) is 0 Å². The molecule has 22 heavy (non-hydrogen) atoms. The Bertz CT molecular complexity index is 401. The molecule has 3 saturated heterocycles. The lowest BCUT2D eigenvalue weighted by molar-refractivity contribution is -0.132. The van der Waals surface area contributed by atoms with Crippen LogP contribution < -0.4 is 5.32 Å². The molecule has 1 N–H and O–H groups in total. The van der Waals surface area contributed by atoms with Crippen molar-refractivity contribution in [2.24, 2.45) is 0 Å². The average molecular weight is 308 g/mol. The Morgan fingerprint density at radius 2 is 1.82 bits per heavy atom. The predicted octanol–water partition coefficient (Wildman–Crippen LogP) is -0.105. The van der Waals surface area contributed by atoms with Crippen LogP contribution in [0.4, 0.5) is 0 Å². The van der Waals surface area contributed by atoms with Gasteiger partial charge in [0.25, 0.3) is 0 Å². The van der Waals surface area contributed by atoms with Crippen molar-refractivity contribution in [3.05, 3.63) is 0 Å². The monoisotopic (exact) mass is 308 g/mol. The van der Waals surface area contributed by atoms with E-state index in [0.717, 1.165) is 78.0 Å². The van der Waals surface area contributed by atoms with Gasteiger partial charge in [0, 0.05) is 71.2 Å². The van der Waals surface area contributed by atoms with Gasteiger partial charge >= 0.3 is 0 Å². The molecule has 3 aliphatic heterocycles. The topological polar surface area (TPSA) is 55.9 Å². The number of carbonyl (C=O) groups excluding carboxylic acids is 2. The van der Waals surface area contributed by atoms with E-state index in [1.807, 2.05) is 4.90 Å². The first kappa shape index (κ1) is 15.7. The van der Waals surface area contributed by atoms with Crippen molar-refractivity contribution < 1.29 is 9.59 Å². The molecule has 0 atom stereocenters. The van der Waals surface area contributed by atoms with E-state index in [0.29, 0.717) is 24.3 Å². The second-order valence-electron chi connectivity index (χ2n) is 6.64. The maximum Gasteiger partial charge on any atom is 0.223 e. The molecule has 2 amide bonds. The smallest absolute Gasteiger partial charge is 0.223 e. The van der Waals surface area contributed by atoms with E-state index in [-0.39, 0.29) is 0 Å². The van der Waals surface area contributed by atoms with Crippen molar-refractivity contribution in [1.82, 2.24) is 20.0 Å². The molecule has 6 heteroatoms. The van der Waals surface area contributed by atoms with Crippen LogP contribution in [-0.4, -0.2) is 84.9 Å². The van der Waals surface area contributed by atoms with E-state index in [1.54, 1.807) is 0 Å². The minimum Gasteiger partial charge on any atom is -0.340 e. The minimum atomic E-state index is 0.290. The number of nitrogens with zero attached hydrogens (tertiary/aromatic N) is 3. The van der Waals surface area contributed by atoms with Crippen LogP contribution in [0.25, 0.3) is 0 Å². The van der Waals surface area contributed by atoms with Crippen LogP contribution in [0.3, 0.4) is 0 Å². The summed E-state index contributed by atoms with van der Waals surface area (Å²) in [6, 6.07) is 0.440. The molecule has 0 bridgehead atoms. The Hall–Kier alpha value is -1.14. The van der Waals surface area contributed by atoms with E-state index >= 15 is 0 Å². The van der Waals surface area contributed by atoms with Gasteiger partial charge in [0.05, 0.1) is 0 Å². The number of amides is 2. The van der Waals surface area contributed by atoms with Crippen molar-refractivity contribution in [3.63, 3.8) is 0 Å². The lowest BCUT2D eigenvalue weighted by Gasteiger charge is -2.37. The quantitative estimate of drug-likeness (QED) is 0.788. The summed E-state index contributed by atoms with van der Waals surface area (Å²) < 4.78 is 0. The van der Waals surface area contributed by atoms with Gasteiger partial charge in [-0.1, -0.05) is 0 Å². The first-order valence-electron chi connectivity index (χ1n) is 8.74. The number of carbonyl (C=O) groups is 2. The number of hydrogen-bond acceptors (Lipinski definition) is 4. The SMILES string of the molecule is O=C(CCN1CCC(N2CCCC2=O)CC1)N1CCNCC1. The van der Waals surface area contributed by atoms with Crippen LogP contribution in [0.5, 0.6) is 0 Å². The highest BCUT2D eigenvalue weighted by molar-refractivity contribution is 5.78. The summed E-state index contributed by atoms with van der Waals surface area (Å²) in [6.45, 7) is 7.37. The normalized spacial score (nSPS) is 25.0. The fraction of sp³-hybridized carbons (Fsp3) is 0.875. The van der Waals surface area contributed by atoms with Crippen LogP contribution in [-0.2, 0) is 9.59 Å². The molecule has 0 radical (unpaired) electrons. The summed E-state index contributed by atoms with van der Waals surface area (Å²) >= 11 is 0. The molecule has 0 aromatic carbocycles. The van der Waals surface area contributed by atoms with Gasteiger partial charge in [0.2, 0.25) is 11.8 Å². The lowest BCUT2D eigenvalue weighted by atomic mass is 10.0. The summed E-state index contributed by atoms with van der Waals surface area (Å²) in [4.78, 5) is 30.4. The second kappa shape index (κ2) is 7.42. The highest BCUT2D eigenvalue weighted by atomic mass is 16.2. The second-order valence-corrected chi connectivity index (χ2v) is 6.64. The molecule has 3 fully saturated rings. The minimum absolute atomic E-state index is 0.290. The van der Waals surface area contributed by atoms with Gasteiger partial charge in [-0.05, 0) is 19.3 Å². The molecule has 0 aromatic rings. The molecular formula is C16H28N4O2. The van der Waals surface area contributed by atoms with Crippen molar-refractivity contribution in [1.29, 1.82) is 0 Å². The first-order valence-corrected chi connectivity index (χ1v) is 8.74. The Kier molecular flexibility index (Phi) is 5.31. The molecule has 0 saturated carbocycles. The van der Waals surface area contributed by atoms with Crippen LogP contribution in [0.15, 0.2) is 0 Å². The summed E-state index contributed by atoms with van der Waals surface area (Å²) in [5.41, 5.74) is 0. The molecule has 6 nitrogen and oxygen atoms in total. The number of rotatable bonds is 4. The molecule has 0 spiro atoms. The van der Waals surface area contributed by atoms with Gasteiger partial charge < -0.3 is 20.0 Å². The summed E-state index contributed by atoms with van der Waals surface area (Å²) in [7, 11) is 0. The van der Waals surface area contributed by atoms with Gasteiger partial charge in [-0.3, -0.25) is 9.59 Å². The predicted molar refractivity (Wildman–Crippen MR) is 84.5 cm³/mol. The molecule has 124 valence electrons. The summed E-state index contributed by atoms with van der Waals surface area (Å²) in [5, 5.41) is 3.27. The molecule has 3 heterocycles. The molecule has 3 rings (SSSR count). The molecule has 0 aromatic heterocycles. The maximum atomic E-state index is 12.2. The molecule has 0 aliphatic carbocycles. The van der Waals surface area contributed by atoms with Crippen molar-refractivity contribution >= 4 is 11.8 Å². The van der Waals surface area contributed by atoms with Gasteiger partial charge in [-0.25, -0.2) is 0 Å². The summed E-state index contributed by atoms with van der Waals surface area (Å²) in [6.07, 6.45) is 4.52. The van der Waals surface area contributed by atoms with Crippen molar-refractivity contribution in [2.45, 2.75) is 38.1 Å². The zero-order valence-corrected chi connectivity index (χ0v) is 13.4. The van der Waals surface area contributed by atoms with Gasteiger partial charge in [0.1, 0.15) is 0 Å². The largest absolute Gasteiger partial charge is 0.340 e. The number of piperazine rings is 1.